The van der Waals surface area contributed by atoms with Crippen molar-refractivity contribution in [1.82, 2.24) is 10.3 Å². The lowest BCUT2D eigenvalue weighted by Gasteiger charge is -2.30. The van der Waals surface area contributed by atoms with Crippen LogP contribution < -0.4 is 5.32 Å². The smallest absolute Gasteiger partial charge is 0.271 e. The summed E-state index contributed by atoms with van der Waals surface area (Å²) in [4.78, 5) is 15.7. The van der Waals surface area contributed by atoms with Gasteiger partial charge >= 0.3 is 0 Å². The minimum absolute atomic E-state index is 0.138. The molecule has 0 radical (unpaired) electrons. The summed E-state index contributed by atoms with van der Waals surface area (Å²) in [6.45, 7) is 4.04. The minimum atomic E-state index is -0.303. The highest BCUT2D eigenvalue weighted by molar-refractivity contribution is 7.07. The number of nitrogens with zero attached hydrogens (tertiary/aromatic N) is 1. The van der Waals surface area contributed by atoms with Crippen molar-refractivity contribution in [3.8, 4) is 0 Å². The van der Waals surface area contributed by atoms with Crippen LogP contribution in [0.1, 0.15) is 37.2 Å². The van der Waals surface area contributed by atoms with Gasteiger partial charge in [-0.15, -0.1) is 22.9 Å². The third-order valence-electron chi connectivity index (χ3n) is 2.65. The van der Waals surface area contributed by atoms with Crippen LogP contribution in [0.3, 0.4) is 0 Å². The third-order valence-corrected chi connectivity index (χ3v) is 3.75. The molecule has 0 aliphatic rings. The Kier molecular flexibility index (Phi) is 4.54. The molecule has 0 bridgehead atoms. The quantitative estimate of drug-likeness (QED) is 0.812. The Morgan fingerprint density at radius 3 is 2.67 bits per heavy atom. The van der Waals surface area contributed by atoms with Crippen LogP contribution in [0, 0.1) is 0 Å². The highest BCUT2D eigenvalue weighted by Crippen LogP contribution is 2.17. The molecule has 0 spiro atoms. The second-order valence-corrected chi connectivity index (χ2v) is 4.43. The number of hydrogen-bond donors (Lipinski definition) is 1. The van der Waals surface area contributed by atoms with Gasteiger partial charge in [0.2, 0.25) is 0 Å². The van der Waals surface area contributed by atoms with Gasteiger partial charge in [0.05, 0.1) is 11.0 Å². The Hall–Kier alpha value is -0.610. The van der Waals surface area contributed by atoms with Crippen molar-refractivity contribution < 1.29 is 4.79 Å². The normalized spacial score (nSPS) is 11.4. The van der Waals surface area contributed by atoms with Crippen LogP contribution in [0.5, 0.6) is 0 Å². The Morgan fingerprint density at radius 1 is 1.60 bits per heavy atom. The maximum atomic E-state index is 11.8. The van der Waals surface area contributed by atoms with Crippen molar-refractivity contribution in [1.29, 1.82) is 0 Å². The SMILES string of the molecule is CCC(CC)(CCl)NC(=O)c1cscn1. The summed E-state index contributed by atoms with van der Waals surface area (Å²) in [5.74, 6) is 0.288. The van der Waals surface area contributed by atoms with Gasteiger partial charge in [0, 0.05) is 11.3 Å². The molecule has 1 aromatic heterocycles. The summed E-state index contributed by atoms with van der Waals surface area (Å²) in [6, 6.07) is 0. The van der Waals surface area contributed by atoms with Crippen LogP contribution in [0.15, 0.2) is 10.9 Å². The monoisotopic (exact) mass is 246 g/mol. The van der Waals surface area contributed by atoms with E-state index in [1.54, 1.807) is 10.9 Å². The first-order chi connectivity index (χ1) is 7.17. The predicted molar refractivity (Wildman–Crippen MR) is 63.6 cm³/mol. The molecule has 3 nitrogen and oxygen atoms in total. The first-order valence-electron chi connectivity index (χ1n) is 4.94. The Labute approximate surface area is 98.9 Å². The van der Waals surface area contributed by atoms with Gasteiger partial charge < -0.3 is 5.32 Å². The number of carbonyl (C=O) groups is 1. The number of thiazole rings is 1. The molecule has 0 aromatic carbocycles. The number of amides is 1. The molecule has 15 heavy (non-hydrogen) atoms. The van der Waals surface area contributed by atoms with Crippen LogP contribution in [0.25, 0.3) is 0 Å². The Bertz CT molecular complexity index is 301. The standard InChI is InChI=1S/C10H15ClN2OS/c1-3-10(4-2,6-11)13-9(14)8-5-15-7-12-8/h5,7H,3-4,6H2,1-2H3,(H,13,14). The van der Waals surface area contributed by atoms with Crippen LogP contribution in [-0.2, 0) is 0 Å². The average molecular weight is 247 g/mol. The lowest BCUT2D eigenvalue weighted by molar-refractivity contribution is 0.0898. The van der Waals surface area contributed by atoms with E-state index in [4.69, 9.17) is 11.6 Å². The zero-order valence-electron chi connectivity index (χ0n) is 8.92. The zero-order valence-corrected chi connectivity index (χ0v) is 10.5. The molecule has 1 amide bonds. The van der Waals surface area contributed by atoms with Gasteiger partial charge in [0.1, 0.15) is 5.69 Å². The zero-order chi connectivity index (χ0) is 11.3. The summed E-state index contributed by atoms with van der Waals surface area (Å²) in [5.41, 5.74) is 1.81. The molecule has 0 unspecified atom stereocenters. The molecule has 0 aliphatic heterocycles. The fraction of sp³-hybridized carbons (Fsp3) is 0.600. The van der Waals surface area contributed by atoms with Crippen LogP contribution in [-0.4, -0.2) is 22.3 Å². The highest BCUT2D eigenvalue weighted by Gasteiger charge is 2.27. The molecule has 0 fully saturated rings. The number of carbonyl (C=O) groups excluding carboxylic acids is 1. The maximum absolute atomic E-state index is 11.8. The highest BCUT2D eigenvalue weighted by atomic mass is 35.5. The molecule has 1 rings (SSSR count). The molecule has 1 heterocycles. The van der Waals surface area contributed by atoms with E-state index in [2.05, 4.69) is 10.3 Å². The van der Waals surface area contributed by atoms with Gasteiger partial charge in [-0.2, -0.15) is 0 Å². The van der Waals surface area contributed by atoms with Crippen molar-refractivity contribution in [2.75, 3.05) is 5.88 Å². The van der Waals surface area contributed by atoms with E-state index >= 15 is 0 Å². The number of nitrogens with one attached hydrogen (secondary N) is 1. The van der Waals surface area contributed by atoms with Crippen molar-refractivity contribution >= 4 is 28.8 Å². The van der Waals surface area contributed by atoms with Gasteiger partial charge in [-0.25, -0.2) is 4.98 Å². The number of halogens is 1. The van der Waals surface area contributed by atoms with Crippen LogP contribution in [0.2, 0.25) is 0 Å². The first-order valence-corrected chi connectivity index (χ1v) is 6.42. The molecule has 1 N–H and O–H groups in total. The Balaban J connectivity index is 2.71. The number of hydrogen-bond acceptors (Lipinski definition) is 3. The minimum Gasteiger partial charge on any atom is -0.344 e. The average Bonchev–Trinajstić information content (AvgIpc) is 2.79. The van der Waals surface area contributed by atoms with E-state index in [-0.39, 0.29) is 11.4 Å². The molecular formula is C10H15ClN2OS. The molecule has 84 valence electrons. The Morgan fingerprint density at radius 2 is 2.27 bits per heavy atom. The van der Waals surface area contributed by atoms with Crippen molar-refractivity contribution in [3.05, 3.63) is 16.6 Å². The number of rotatable bonds is 5. The lowest BCUT2D eigenvalue weighted by atomic mass is 9.95. The molecule has 0 atom stereocenters. The fourth-order valence-corrected chi connectivity index (χ4v) is 2.26. The van der Waals surface area contributed by atoms with Crippen molar-refractivity contribution in [3.63, 3.8) is 0 Å². The van der Waals surface area contributed by atoms with Gasteiger partial charge in [-0.1, -0.05) is 13.8 Å². The first kappa shape index (κ1) is 12.5. The third kappa shape index (κ3) is 2.92. The molecular weight excluding hydrogens is 232 g/mol. The molecule has 0 saturated carbocycles. The molecule has 5 heteroatoms. The van der Waals surface area contributed by atoms with Crippen molar-refractivity contribution in [2.24, 2.45) is 0 Å². The molecule has 0 aliphatic carbocycles. The predicted octanol–water partition coefficient (Wildman–Crippen LogP) is 2.67. The van der Waals surface area contributed by atoms with E-state index in [1.807, 2.05) is 13.8 Å². The second kappa shape index (κ2) is 5.47. The fourth-order valence-electron chi connectivity index (χ4n) is 1.28. The summed E-state index contributed by atoms with van der Waals surface area (Å²) in [5, 5.41) is 4.69. The van der Waals surface area contributed by atoms with Gasteiger partial charge in [0.15, 0.2) is 0 Å². The summed E-state index contributed by atoms with van der Waals surface area (Å²) in [7, 11) is 0. The summed E-state index contributed by atoms with van der Waals surface area (Å²) < 4.78 is 0. The van der Waals surface area contributed by atoms with Gasteiger partial charge in [-0.3, -0.25) is 4.79 Å². The molecule has 1 aromatic rings. The topological polar surface area (TPSA) is 42.0 Å². The van der Waals surface area contributed by atoms with E-state index in [0.29, 0.717) is 11.6 Å². The lowest BCUT2D eigenvalue weighted by Crippen LogP contribution is -2.49. The van der Waals surface area contributed by atoms with E-state index in [0.717, 1.165) is 12.8 Å². The van der Waals surface area contributed by atoms with E-state index in [9.17, 15) is 4.79 Å². The van der Waals surface area contributed by atoms with E-state index in [1.165, 1.54) is 11.3 Å². The molecule has 0 saturated heterocycles. The largest absolute Gasteiger partial charge is 0.344 e. The van der Waals surface area contributed by atoms with Gasteiger partial charge in [0.25, 0.3) is 5.91 Å². The van der Waals surface area contributed by atoms with Gasteiger partial charge in [-0.05, 0) is 12.8 Å². The number of alkyl halides is 1. The summed E-state index contributed by atoms with van der Waals surface area (Å²) >= 11 is 7.31. The number of aromatic nitrogens is 1. The summed E-state index contributed by atoms with van der Waals surface area (Å²) in [6.07, 6.45) is 1.64. The maximum Gasteiger partial charge on any atom is 0.271 e. The van der Waals surface area contributed by atoms with Crippen LogP contribution in [0.4, 0.5) is 0 Å². The van der Waals surface area contributed by atoms with Crippen LogP contribution >= 0.6 is 22.9 Å². The van der Waals surface area contributed by atoms with E-state index < -0.39 is 0 Å². The van der Waals surface area contributed by atoms with Crippen molar-refractivity contribution in [2.45, 2.75) is 32.2 Å². The second-order valence-electron chi connectivity index (χ2n) is 3.45.